The number of ether oxygens (including phenoxy) is 2. The summed E-state index contributed by atoms with van der Waals surface area (Å²) in [4.78, 5) is 16.1. The summed E-state index contributed by atoms with van der Waals surface area (Å²) >= 11 is 0. The smallest absolute Gasteiger partial charge is 0.415 e. The molecule has 0 aliphatic carbocycles. The van der Waals surface area contributed by atoms with Gasteiger partial charge in [0.2, 0.25) is 0 Å². The zero-order valence-corrected chi connectivity index (χ0v) is 11.9. The van der Waals surface area contributed by atoms with Gasteiger partial charge < -0.3 is 14.4 Å². The van der Waals surface area contributed by atoms with Crippen LogP contribution in [0.5, 0.6) is 0 Å². The third kappa shape index (κ3) is 2.46. The maximum Gasteiger partial charge on any atom is 0.415 e. The van der Waals surface area contributed by atoms with Crippen LogP contribution in [-0.4, -0.2) is 60.0 Å². The van der Waals surface area contributed by atoms with E-state index in [1.807, 2.05) is 18.7 Å². The monoisotopic (exact) mass is 268 g/mol. The Labute approximate surface area is 114 Å². The Kier molecular flexibility index (Phi) is 3.43. The van der Waals surface area contributed by atoms with E-state index in [9.17, 15) is 4.79 Å². The first-order chi connectivity index (χ1) is 9.08. The van der Waals surface area contributed by atoms with Gasteiger partial charge in [-0.05, 0) is 39.5 Å². The summed E-state index contributed by atoms with van der Waals surface area (Å²) in [7, 11) is 0. The van der Waals surface area contributed by atoms with E-state index in [1.165, 1.54) is 0 Å². The minimum Gasteiger partial charge on any atom is -0.423 e. The third-order valence-corrected chi connectivity index (χ3v) is 4.69. The van der Waals surface area contributed by atoms with Gasteiger partial charge in [0.15, 0.2) is 5.72 Å². The summed E-state index contributed by atoms with van der Waals surface area (Å²) < 4.78 is 10.6. The van der Waals surface area contributed by atoms with Crippen LogP contribution in [0, 0.1) is 0 Å². The second kappa shape index (κ2) is 4.94. The predicted octanol–water partition coefficient (Wildman–Crippen LogP) is 1.82. The Morgan fingerprint density at radius 1 is 1.05 bits per heavy atom. The second-order valence-electron chi connectivity index (χ2n) is 6.30. The maximum atomic E-state index is 11.6. The Hall–Kier alpha value is -0.810. The van der Waals surface area contributed by atoms with Gasteiger partial charge in [0.05, 0.1) is 0 Å². The van der Waals surface area contributed by atoms with E-state index in [2.05, 4.69) is 4.90 Å². The van der Waals surface area contributed by atoms with E-state index in [-0.39, 0.29) is 6.09 Å². The number of amides is 1. The van der Waals surface area contributed by atoms with Crippen molar-refractivity contribution < 1.29 is 14.3 Å². The number of piperidine rings is 1. The molecule has 3 saturated heterocycles. The molecule has 5 nitrogen and oxygen atoms in total. The number of rotatable bonds is 2. The topological polar surface area (TPSA) is 42.0 Å². The number of hydrogen-bond donors (Lipinski definition) is 0. The molecular formula is C14H24N2O3. The van der Waals surface area contributed by atoms with Gasteiger partial charge in [0.1, 0.15) is 0 Å². The van der Waals surface area contributed by atoms with Crippen molar-refractivity contribution in [2.45, 2.75) is 57.3 Å². The Bertz CT molecular complexity index is 345. The van der Waals surface area contributed by atoms with Crippen molar-refractivity contribution in [2.24, 2.45) is 0 Å². The maximum absolute atomic E-state index is 11.6. The number of likely N-dealkylation sites (tertiary alicyclic amines) is 1. The van der Waals surface area contributed by atoms with Crippen molar-refractivity contribution >= 4 is 6.09 Å². The first-order valence-corrected chi connectivity index (χ1v) is 7.42. The molecule has 5 heteroatoms. The highest BCUT2D eigenvalue weighted by Gasteiger charge is 2.50. The highest BCUT2D eigenvalue weighted by molar-refractivity contribution is 5.74. The molecule has 19 heavy (non-hydrogen) atoms. The first kappa shape index (κ1) is 13.2. The molecule has 3 heterocycles. The lowest BCUT2D eigenvalue weighted by Gasteiger charge is -2.52. The van der Waals surface area contributed by atoms with Crippen molar-refractivity contribution in [1.29, 1.82) is 0 Å². The van der Waals surface area contributed by atoms with Gasteiger partial charge in [0, 0.05) is 38.4 Å². The lowest BCUT2D eigenvalue weighted by molar-refractivity contribution is -0.185. The highest BCUT2D eigenvalue weighted by atomic mass is 16.6. The van der Waals surface area contributed by atoms with Crippen molar-refractivity contribution in [3.05, 3.63) is 0 Å². The van der Waals surface area contributed by atoms with Gasteiger partial charge in [0.25, 0.3) is 0 Å². The molecular weight excluding hydrogens is 244 g/mol. The van der Waals surface area contributed by atoms with Gasteiger partial charge in [-0.1, -0.05) is 0 Å². The van der Waals surface area contributed by atoms with E-state index in [0.717, 1.165) is 52.0 Å². The van der Waals surface area contributed by atoms with Crippen molar-refractivity contribution in [3.8, 4) is 0 Å². The predicted molar refractivity (Wildman–Crippen MR) is 70.8 cm³/mol. The lowest BCUT2D eigenvalue weighted by Crippen LogP contribution is -2.67. The van der Waals surface area contributed by atoms with Crippen LogP contribution < -0.4 is 0 Å². The minimum absolute atomic E-state index is 0.144. The van der Waals surface area contributed by atoms with Crippen LogP contribution in [0.4, 0.5) is 4.79 Å². The average Bonchev–Trinajstić information content (AvgIpc) is 2.39. The van der Waals surface area contributed by atoms with Crippen molar-refractivity contribution in [3.63, 3.8) is 0 Å². The molecule has 0 unspecified atom stereocenters. The molecule has 3 aliphatic rings. The van der Waals surface area contributed by atoms with Crippen molar-refractivity contribution in [1.82, 2.24) is 9.80 Å². The number of hydrogen-bond acceptors (Lipinski definition) is 4. The SMILES string of the molecule is CC1(C)OC(=O)N1C1CCN(C2CCOCC2)CC1. The number of carbonyl (C=O) groups excluding carboxylic acids is 1. The van der Waals surface area contributed by atoms with Crippen LogP contribution in [0.15, 0.2) is 0 Å². The normalized spacial score (nSPS) is 30.0. The Morgan fingerprint density at radius 2 is 1.68 bits per heavy atom. The first-order valence-electron chi connectivity index (χ1n) is 7.42. The molecule has 108 valence electrons. The van der Waals surface area contributed by atoms with Crippen molar-refractivity contribution in [2.75, 3.05) is 26.3 Å². The zero-order chi connectivity index (χ0) is 13.5. The molecule has 0 spiro atoms. The zero-order valence-electron chi connectivity index (χ0n) is 11.9. The number of nitrogens with zero attached hydrogens (tertiary/aromatic N) is 2. The summed E-state index contributed by atoms with van der Waals surface area (Å²) in [5.41, 5.74) is -0.400. The molecule has 0 aromatic rings. The standard InChI is InChI=1S/C14H24N2O3/c1-14(2)16(13(17)19-14)12-3-7-15(8-4-12)11-5-9-18-10-6-11/h11-12H,3-10H2,1-2H3. The molecule has 3 rings (SSSR count). The Balaban J connectivity index is 1.53. The summed E-state index contributed by atoms with van der Waals surface area (Å²) in [6.45, 7) is 7.93. The van der Waals surface area contributed by atoms with Gasteiger partial charge in [-0.2, -0.15) is 0 Å². The molecule has 0 N–H and O–H groups in total. The summed E-state index contributed by atoms with van der Waals surface area (Å²) in [5, 5.41) is 0. The fraction of sp³-hybridized carbons (Fsp3) is 0.929. The third-order valence-electron chi connectivity index (χ3n) is 4.69. The molecule has 0 aromatic carbocycles. The molecule has 0 atom stereocenters. The Morgan fingerprint density at radius 3 is 2.21 bits per heavy atom. The molecule has 0 aromatic heterocycles. The van der Waals surface area contributed by atoms with E-state index in [1.54, 1.807) is 0 Å². The summed E-state index contributed by atoms with van der Waals surface area (Å²) in [6.07, 6.45) is 4.30. The van der Waals surface area contributed by atoms with Gasteiger partial charge in [-0.25, -0.2) is 4.79 Å². The summed E-state index contributed by atoms with van der Waals surface area (Å²) in [6, 6.07) is 1.04. The molecule has 3 aliphatic heterocycles. The second-order valence-corrected chi connectivity index (χ2v) is 6.30. The van der Waals surface area contributed by atoms with Crippen LogP contribution in [-0.2, 0) is 9.47 Å². The molecule has 0 radical (unpaired) electrons. The van der Waals surface area contributed by atoms with Crippen LogP contribution >= 0.6 is 0 Å². The van der Waals surface area contributed by atoms with E-state index in [4.69, 9.17) is 9.47 Å². The highest BCUT2D eigenvalue weighted by Crippen LogP contribution is 2.35. The van der Waals surface area contributed by atoms with E-state index in [0.29, 0.717) is 12.1 Å². The molecule has 0 saturated carbocycles. The van der Waals surface area contributed by atoms with Crippen LogP contribution in [0.25, 0.3) is 0 Å². The number of cyclic esters (lactones) is 1. The van der Waals surface area contributed by atoms with Gasteiger partial charge >= 0.3 is 6.09 Å². The van der Waals surface area contributed by atoms with Crippen LogP contribution in [0.3, 0.4) is 0 Å². The average molecular weight is 268 g/mol. The fourth-order valence-corrected chi connectivity index (χ4v) is 3.64. The largest absolute Gasteiger partial charge is 0.423 e. The van der Waals surface area contributed by atoms with E-state index >= 15 is 0 Å². The minimum atomic E-state index is -0.400. The van der Waals surface area contributed by atoms with E-state index < -0.39 is 5.72 Å². The quantitative estimate of drug-likeness (QED) is 0.766. The fourth-order valence-electron chi connectivity index (χ4n) is 3.64. The van der Waals surface area contributed by atoms with Gasteiger partial charge in [-0.3, -0.25) is 4.90 Å². The lowest BCUT2D eigenvalue weighted by atomic mass is 9.96. The molecule has 0 bridgehead atoms. The van der Waals surface area contributed by atoms with Crippen LogP contribution in [0.2, 0.25) is 0 Å². The van der Waals surface area contributed by atoms with Gasteiger partial charge in [-0.15, -0.1) is 0 Å². The molecule has 1 amide bonds. The number of carbonyl (C=O) groups is 1. The molecule has 3 fully saturated rings. The summed E-state index contributed by atoms with van der Waals surface area (Å²) in [5.74, 6) is 0. The van der Waals surface area contributed by atoms with Crippen LogP contribution in [0.1, 0.15) is 39.5 Å².